The van der Waals surface area contributed by atoms with E-state index in [4.69, 9.17) is 5.73 Å². The van der Waals surface area contributed by atoms with Crippen molar-refractivity contribution < 1.29 is 8.42 Å². The molecule has 114 valence electrons. The van der Waals surface area contributed by atoms with E-state index in [0.29, 0.717) is 15.9 Å². The fraction of sp³-hybridized carbons (Fsp3) is 0.538. The molecule has 0 saturated carbocycles. The van der Waals surface area contributed by atoms with Crippen LogP contribution in [-0.4, -0.2) is 31.4 Å². The Morgan fingerprint density at radius 2 is 2.00 bits per heavy atom. The van der Waals surface area contributed by atoms with E-state index in [1.54, 1.807) is 22.5 Å². The second-order valence-electron chi connectivity index (χ2n) is 4.97. The average molecular weight is 384 g/mol. The number of nitrogens with zero attached hydrogens (tertiary/aromatic N) is 1. The molecule has 1 aromatic carbocycles. The van der Waals surface area contributed by atoms with Gasteiger partial charge in [-0.05, 0) is 47.8 Å². The predicted octanol–water partition coefficient (Wildman–Crippen LogP) is 2.76. The zero-order valence-electron chi connectivity index (χ0n) is 11.3. The number of rotatable bonds is 3. The van der Waals surface area contributed by atoms with Crippen molar-refractivity contribution in [3.8, 4) is 0 Å². The standard InChI is InChI=1S/C13H19BrN2O2S.ClH/c1-10(15)12-7-4-5-9-16(12)19(17,18)13-8-3-2-6-11(13)14;/h2-3,6,8,10,12H,4-5,7,9,15H2,1H3;1H. The Morgan fingerprint density at radius 1 is 1.35 bits per heavy atom. The van der Waals surface area contributed by atoms with Gasteiger partial charge in [0.05, 0.1) is 4.90 Å². The molecule has 0 bridgehead atoms. The van der Waals surface area contributed by atoms with Gasteiger partial charge in [-0.2, -0.15) is 4.31 Å². The van der Waals surface area contributed by atoms with Crippen LogP contribution in [0.1, 0.15) is 26.2 Å². The van der Waals surface area contributed by atoms with Gasteiger partial charge in [0.2, 0.25) is 10.0 Å². The highest BCUT2D eigenvalue weighted by molar-refractivity contribution is 9.10. The third-order valence-electron chi connectivity index (χ3n) is 3.53. The number of halogens is 2. The van der Waals surface area contributed by atoms with Crippen LogP contribution in [0.5, 0.6) is 0 Å². The second kappa shape index (κ2) is 7.22. The second-order valence-corrected chi connectivity index (χ2v) is 7.68. The summed E-state index contributed by atoms with van der Waals surface area (Å²) in [5, 5.41) is 0. The summed E-state index contributed by atoms with van der Waals surface area (Å²) in [4.78, 5) is 0.322. The summed E-state index contributed by atoms with van der Waals surface area (Å²) in [5.74, 6) is 0. The number of hydrogen-bond donors (Lipinski definition) is 1. The van der Waals surface area contributed by atoms with E-state index in [1.165, 1.54) is 0 Å². The van der Waals surface area contributed by atoms with Crippen LogP contribution in [0.25, 0.3) is 0 Å². The first-order valence-corrected chi connectivity index (χ1v) is 8.70. The lowest BCUT2D eigenvalue weighted by Crippen LogP contribution is -2.51. The van der Waals surface area contributed by atoms with Crippen LogP contribution >= 0.6 is 28.3 Å². The molecule has 7 heteroatoms. The lowest BCUT2D eigenvalue weighted by molar-refractivity contribution is 0.227. The number of piperidine rings is 1. The first-order valence-electron chi connectivity index (χ1n) is 6.46. The van der Waals surface area contributed by atoms with Crippen molar-refractivity contribution in [1.29, 1.82) is 0 Å². The van der Waals surface area contributed by atoms with Crippen LogP contribution in [0.4, 0.5) is 0 Å². The number of benzene rings is 1. The SMILES string of the molecule is CC(N)C1CCCCN1S(=O)(=O)c1ccccc1Br.Cl. The summed E-state index contributed by atoms with van der Waals surface area (Å²) >= 11 is 3.32. The van der Waals surface area contributed by atoms with E-state index in [1.807, 2.05) is 13.0 Å². The Hall–Kier alpha value is -0.140. The van der Waals surface area contributed by atoms with Gasteiger partial charge in [-0.1, -0.05) is 18.6 Å². The lowest BCUT2D eigenvalue weighted by atomic mass is 10.00. The van der Waals surface area contributed by atoms with Gasteiger partial charge in [-0.15, -0.1) is 12.4 Å². The molecule has 2 N–H and O–H groups in total. The number of nitrogens with two attached hydrogens (primary N) is 1. The van der Waals surface area contributed by atoms with Gasteiger partial charge in [0.15, 0.2) is 0 Å². The van der Waals surface area contributed by atoms with E-state index in [9.17, 15) is 8.42 Å². The molecule has 0 aromatic heterocycles. The largest absolute Gasteiger partial charge is 0.326 e. The molecule has 0 spiro atoms. The summed E-state index contributed by atoms with van der Waals surface area (Å²) in [7, 11) is -3.48. The van der Waals surface area contributed by atoms with Crippen LogP contribution in [0.2, 0.25) is 0 Å². The minimum atomic E-state index is -3.48. The molecular formula is C13H20BrClN2O2S. The van der Waals surface area contributed by atoms with Crippen molar-refractivity contribution in [2.45, 2.75) is 43.2 Å². The minimum absolute atomic E-state index is 0. The molecule has 2 atom stereocenters. The maximum atomic E-state index is 12.8. The number of sulfonamides is 1. The van der Waals surface area contributed by atoms with Crippen LogP contribution in [0.15, 0.2) is 33.6 Å². The van der Waals surface area contributed by atoms with E-state index in [0.717, 1.165) is 19.3 Å². The smallest absolute Gasteiger partial charge is 0.244 e. The third kappa shape index (κ3) is 3.54. The van der Waals surface area contributed by atoms with Gasteiger partial charge in [0.25, 0.3) is 0 Å². The molecule has 4 nitrogen and oxygen atoms in total. The summed E-state index contributed by atoms with van der Waals surface area (Å²) in [5.41, 5.74) is 5.95. The highest BCUT2D eigenvalue weighted by atomic mass is 79.9. The van der Waals surface area contributed by atoms with Crippen molar-refractivity contribution in [2.75, 3.05) is 6.54 Å². The molecule has 2 unspecified atom stereocenters. The van der Waals surface area contributed by atoms with Crippen LogP contribution < -0.4 is 5.73 Å². The van der Waals surface area contributed by atoms with Crippen molar-refractivity contribution >= 4 is 38.4 Å². The highest BCUT2D eigenvalue weighted by Gasteiger charge is 2.35. The molecule has 0 radical (unpaired) electrons. The van der Waals surface area contributed by atoms with Gasteiger partial charge in [0.1, 0.15) is 0 Å². The van der Waals surface area contributed by atoms with Crippen molar-refractivity contribution in [1.82, 2.24) is 4.31 Å². The first kappa shape index (κ1) is 17.9. The van der Waals surface area contributed by atoms with E-state index in [-0.39, 0.29) is 24.5 Å². The molecule has 20 heavy (non-hydrogen) atoms. The van der Waals surface area contributed by atoms with Crippen LogP contribution in [-0.2, 0) is 10.0 Å². The Morgan fingerprint density at radius 3 is 2.60 bits per heavy atom. The molecule has 1 aromatic rings. The number of hydrogen-bond acceptors (Lipinski definition) is 3. The quantitative estimate of drug-likeness (QED) is 0.873. The van der Waals surface area contributed by atoms with Crippen molar-refractivity contribution in [2.24, 2.45) is 5.73 Å². The Labute approximate surface area is 135 Å². The lowest BCUT2D eigenvalue weighted by Gasteiger charge is -2.37. The van der Waals surface area contributed by atoms with E-state index < -0.39 is 10.0 Å². The Kier molecular flexibility index (Phi) is 6.47. The summed E-state index contributed by atoms with van der Waals surface area (Å²) in [6.07, 6.45) is 2.77. The minimum Gasteiger partial charge on any atom is -0.326 e. The fourth-order valence-corrected chi connectivity index (χ4v) is 5.27. The summed E-state index contributed by atoms with van der Waals surface area (Å²) in [6.45, 7) is 2.43. The maximum Gasteiger partial charge on any atom is 0.244 e. The monoisotopic (exact) mass is 382 g/mol. The predicted molar refractivity (Wildman–Crippen MR) is 86.6 cm³/mol. The van der Waals surface area contributed by atoms with Gasteiger partial charge in [-0.25, -0.2) is 8.42 Å². The van der Waals surface area contributed by atoms with E-state index >= 15 is 0 Å². The van der Waals surface area contributed by atoms with Gasteiger partial charge in [-0.3, -0.25) is 0 Å². The molecule has 1 heterocycles. The average Bonchev–Trinajstić information content (AvgIpc) is 2.39. The molecule has 2 rings (SSSR count). The zero-order valence-corrected chi connectivity index (χ0v) is 14.5. The zero-order chi connectivity index (χ0) is 14.0. The normalized spacial score (nSPS) is 22.1. The van der Waals surface area contributed by atoms with Gasteiger partial charge >= 0.3 is 0 Å². The fourth-order valence-electron chi connectivity index (χ4n) is 2.53. The Bertz CT molecular complexity index is 551. The molecule has 1 saturated heterocycles. The van der Waals surface area contributed by atoms with Crippen LogP contribution in [0, 0.1) is 0 Å². The molecule has 1 fully saturated rings. The van der Waals surface area contributed by atoms with Gasteiger partial charge in [0, 0.05) is 23.1 Å². The van der Waals surface area contributed by atoms with Crippen molar-refractivity contribution in [3.05, 3.63) is 28.7 Å². The first-order chi connectivity index (χ1) is 8.94. The molecule has 1 aliphatic heterocycles. The Balaban J connectivity index is 0.00000200. The molecule has 0 amide bonds. The maximum absolute atomic E-state index is 12.8. The molecule has 0 aliphatic carbocycles. The van der Waals surface area contributed by atoms with E-state index in [2.05, 4.69) is 15.9 Å². The van der Waals surface area contributed by atoms with Crippen LogP contribution in [0.3, 0.4) is 0 Å². The van der Waals surface area contributed by atoms with Crippen molar-refractivity contribution in [3.63, 3.8) is 0 Å². The van der Waals surface area contributed by atoms with Gasteiger partial charge < -0.3 is 5.73 Å². The highest BCUT2D eigenvalue weighted by Crippen LogP contribution is 2.30. The molecular weight excluding hydrogens is 364 g/mol. The summed E-state index contributed by atoms with van der Waals surface area (Å²) < 4.78 is 27.7. The topological polar surface area (TPSA) is 63.4 Å². The summed E-state index contributed by atoms with van der Waals surface area (Å²) in [6, 6.07) is 6.66. The third-order valence-corrected chi connectivity index (χ3v) is 6.47. The molecule has 1 aliphatic rings.